The van der Waals surface area contributed by atoms with E-state index in [-0.39, 0.29) is 19.2 Å². The summed E-state index contributed by atoms with van der Waals surface area (Å²) in [4.78, 5) is 22.1. The fraction of sp³-hybridized carbons (Fsp3) is 0.538. The predicted octanol–water partition coefficient (Wildman–Crippen LogP) is 1.37. The summed E-state index contributed by atoms with van der Waals surface area (Å²) < 4.78 is 9.75. The molecule has 0 saturated heterocycles. The number of aliphatic hydroxyl groups excluding tert-OH is 1. The van der Waals surface area contributed by atoms with Crippen LogP contribution in [0.15, 0.2) is 24.3 Å². The maximum Gasteiger partial charge on any atom is 0.333 e. The van der Waals surface area contributed by atoms with E-state index < -0.39 is 5.97 Å². The van der Waals surface area contributed by atoms with Crippen LogP contribution in [0.2, 0.25) is 0 Å². The third-order valence-electron chi connectivity index (χ3n) is 2.08. The number of ether oxygens (including phenoxy) is 2. The molecule has 0 atom stereocenters. The molecule has 0 fully saturated rings. The van der Waals surface area contributed by atoms with Gasteiger partial charge in [0, 0.05) is 18.3 Å². The highest BCUT2D eigenvalue weighted by molar-refractivity contribution is 5.87. The van der Waals surface area contributed by atoms with Gasteiger partial charge in [0.25, 0.3) is 0 Å². The van der Waals surface area contributed by atoms with E-state index in [1.165, 1.54) is 0 Å². The van der Waals surface area contributed by atoms with Crippen molar-refractivity contribution in [1.29, 1.82) is 0 Å². The molecule has 5 nitrogen and oxygen atoms in total. The van der Waals surface area contributed by atoms with Gasteiger partial charge in [0.15, 0.2) is 0 Å². The summed E-state index contributed by atoms with van der Waals surface area (Å²) in [5.41, 5.74) is 0.488. The topological polar surface area (TPSA) is 72.8 Å². The van der Waals surface area contributed by atoms with Gasteiger partial charge in [-0.3, -0.25) is 0 Å². The van der Waals surface area contributed by atoms with Crippen molar-refractivity contribution in [3.63, 3.8) is 0 Å². The summed E-state index contributed by atoms with van der Waals surface area (Å²) in [5.74, 6) is -0.832. The van der Waals surface area contributed by atoms with Gasteiger partial charge in [-0.1, -0.05) is 12.7 Å². The molecule has 0 aliphatic heterocycles. The standard InChI is InChI=1S/C13H20O5/c1-3-12(15)17-9-4-5-10-18-13(16)11(2)7-6-8-14/h3,7,14H,1,4-6,8-10H2,2H3. The second-order valence-electron chi connectivity index (χ2n) is 3.61. The van der Waals surface area contributed by atoms with E-state index in [0.29, 0.717) is 31.4 Å². The van der Waals surface area contributed by atoms with Crippen LogP contribution in [0.25, 0.3) is 0 Å². The van der Waals surface area contributed by atoms with Crippen molar-refractivity contribution >= 4 is 11.9 Å². The SMILES string of the molecule is C=CC(=O)OCCCCOC(=O)C(C)=CCCO. The second-order valence-corrected chi connectivity index (χ2v) is 3.61. The van der Waals surface area contributed by atoms with Gasteiger partial charge >= 0.3 is 11.9 Å². The van der Waals surface area contributed by atoms with Gasteiger partial charge < -0.3 is 14.6 Å². The maximum atomic E-state index is 11.4. The summed E-state index contributed by atoms with van der Waals surface area (Å²) in [7, 11) is 0. The highest BCUT2D eigenvalue weighted by Crippen LogP contribution is 2.00. The van der Waals surface area contributed by atoms with Crippen LogP contribution >= 0.6 is 0 Å². The van der Waals surface area contributed by atoms with E-state index in [4.69, 9.17) is 14.6 Å². The average Bonchev–Trinajstić information content (AvgIpc) is 2.39. The lowest BCUT2D eigenvalue weighted by atomic mass is 10.2. The molecule has 1 N–H and O–H groups in total. The Hall–Kier alpha value is -1.62. The van der Waals surface area contributed by atoms with E-state index in [9.17, 15) is 9.59 Å². The van der Waals surface area contributed by atoms with Crippen molar-refractivity contribution in [1.82, 2.24) is 0 Å². The molecule has 0 radical (unpaired) electrons. The van der Waals surface area contributed by atoms with E-state index in [1.54, 1.807) is 13.0 Å². The summed E-state index contributed by atoms with van der Waals surface area (Å²) >= 11 is 0. The van der Waals surface area contributed by atoms with Gasteiger partial charge in [0.2, 0.25) is 0 Å². The zero-order valence-electron chi connectivity index (χ0n) is 10.7. The Labute approximate surface area is 107 Å². The molecule has 18 heavy (non-hydrogen) atoms. The van der Waals surface area contributed by atoms with E-state index >= 15 is 0 Å². The first-order valence-electron chi connectivity index (χ1n) is 5.85. The van der Waals surface area contributed by atoms with Crippen LogP contribution in [-0.2, 0) is 19.1 Å². The van der Waals surface area contributed by atoms with Crippen molar-refractivity contribution in [3.8, 4) is 0 Å². The van der Waals surface area contributed by atoms with Gasteiger partial charge in [-0.25, -0.2) is 9.59 Å². The van der Waals surface area contributed by atoms with Crippen LogP contribution in [0.4, 0.5) is 0 Å². The van der Waals surface area contributed by atoms with Crippen molar-refractivity contribution in [2.24, 2.45) is 0 Å². The molecule has 0 spiro atoms. The molecule has 0 bridgehead atoms. The molecular formula is C13H20O5. The Morgan fingerprint density at radius 1 is 1.22 bits per heavy atom. The Morgan fingerprint density at radius 3 is 2.39 bits per heavy atom. The monoisotopic (exact) mass is 256 g/mol. The number of rotatable bonds is 9. The molecule has 0 saturated carbocycles. The van der Waals surface area contributed by atoms with E-state index in [1.807, 2.05) is 0 Å². The highest BCUT2D eigenvalue weighted by Gasteiger charge is 2.04. The first kappa shape index (κ1) is 16.4. The number of carbonyl (C=O) groups excluding carboxylic acids is 2. The van der Waals surface area contributed by atoms with Crippen molar-refractivity contribution < 1.29 is 24.2 Å². The fourth-order valence-electron chi connectivity index (χ4n) is 1.08. The number of hydrogen-bond acceptors (Lipinski definition) is 5. The lowest BCUT2D eigenvalue weighted by molar-refractivity contribution is -0.140. The Morgan fingerprint density at radius 2 is 1.83 bits per heavy atom. The minimum Gasteiger partial charge on any atom is -0.463 e. The minimum absolute atomic E-state index is 0.0132. The number of esters is 2. The fourth-order valence-corrected chi connectivity index (χ4v) is 1.08. The van der Waals surface area contributed by atoms with E-state index in [2.05, 4.69) is 6.58 Å². The molecule has 102 valence electrons. The van der Waals surface area contributed by atoms with E-state index in [0.717, 1.165) is 6.08 Å². The van der Waals surface area contributed by atoms with Crippen LogP contribution in [0.1, 0.15) is 26.2 Å². The molecule has 0 rings (SSSR count). The zero-order chi connectivity index (χ0) is 13.8. The summed E-state index contributed by atoms with van der Waals surface area (Å²) in [6.45, 7) is 5.51. The summed E-state index contributed by atoms with van der Waals surface area (Å²) in [6.07, 6.45) is 4.44. The van der Waals surface area contributed by atoms with Crippen LogP contribution in [0, 0.1) is 0 Å². The molecule has 0 aromatic carbocycles. The number of aliphatic hydroxyl groups is 1. The van der Waals surface area contributed by atoms with Gasteiger partial charge in [-0.05, 0) is 26.2 Å². The predicted molar refractivity (Wildman–Crippen MR) is 66.8 cm³/mol. The Bertz CT molecular complexity index is 307. The van der Waals surface area contributed by atoms with Crippen LogP contribution in [-0.4, -0.2) is 36.9 Å². The normalized spacial score (nSPS) is 10.9. The van der Waals surface area contributed by atoms with Gasteiger partial charge in [-0.15, -0.1) is 0 Å². The van der Waals surface area contributed by atoms with Gasteiger partial charge in [-0.2, -0.15) is 0 Å². The molecule has 0 heterocycles. The molecular weight excluding hydrogens is 236 g/mol. The number of unbranched alkanes of at least 4 members (excludes halogenated alkanes) is 1. The van der Waals surface area contributed by atoms with Crippen molar-refractivity contribution in [2.45, 2.75) is 26.2 Å². The molecule has 0 unspecified atom stereocenters. The smallest absolute Gasteiger partial charge is 0.333 e. The third-order valence-corrected chi connectivity index (χ3v) is 2.08. The lowest BCUT2D eigenvalue weighted by Crippen LogP contribution is -2.08. The molecule has 0 amide bonds. The van der Waals surface area contributed by atoms with Gasteiger partial charge in [0.1, 0.15) is 0 Å². The maximum absolute atomic E-state index is 11.4. The quantitative estimate of drug-likeness (QED) is 0.383. The molecule has 5 heteroatoms. The average molecular weight is 256 g/mol. The van der Waals surface area contributed by atoms with Crippen molar-refractivity contribution in [3.05, 3.63) is 24.3 Å². The molecule has 0 aromatic heterocycles. The Balaban J connectivity index is 3.57. The second kappa shape index (κ2) is 10.5. The highest BCUT2D eigenvalue weighted by atomic mass is 16.5. The Kier molecular flexibility index (Phi) is 9.58. The van der Waals surface area contributed by atoms with Crippen LogP contribution < -0.4 is 0 Å². The van der Waals surface area contributed by atoms with Crippen molar-refractivity contribution in [2.75, 3.05) is 19.8 Å². The van der Waals surface area contributed by atoms with Crippen LogP contribution in [0.5, 0.6) is 0 Å². The molecule has 0 aliphatic rings. The first-order chi connectivity index (χ1) is 8.61. The molecule has 0 aromatic rings. The first-order valence-corrected chi connectivity index (χ1v) is 5.85. The summed E-state index contributed by atoms with van der Waals surface area (Å²) in [6, 6.07) is 0. The number of hydrogen-bond donors (Lipinski definition) is 1. The van der Waals surface area contributed by atoms with Crippen LogP contribution in [0.3, 0.4) is 0 Å². The lowest BCUT2D eigenvalue weighted by Gasteiger charge is -2.05. The largest absolute Gasteiger partial charge is 0.463 e. The minimum atomic E-state index is -0.449. The zero-order valence-corrected chi connectivity index (χ0v) is 10.7. The van der Waals surface area contributed by atoms with Gasteiger partial charge in [0.05, 0.1) is 13.2 Å². The third kappa shape index (κ3) is 8.52. The summed E-state index contributed by atoms with van der Waals surface area (Å²) in [5, 5.41) is 8.59. The molecule has 0 aliphatic carbocycles. The number of carbonyl (C=O) groups is 2.